The van der Waals surface area contributed by atoms with E-state index in [0.717, 1.165) is 11.3 Å². The third-order valence-electron chi connectivity index (χ3n) is 1.71. The number of rotatable bonds is 3. The van der Waals surface area contributed by atoms with Gasteiger partial charge in [0.25, 0.3) is 0 Å². The molecule has 1 rings (SSSR count). The highest BCUT2D eigenvalue weighted by Crippen LogP contribution is 2.22. The molecule has 0 saturated heterocycles. The lowest BCUT2D eigenvalue weighted by Gasteiger charge is -2.11. The fourth-order valence-electron chi connectivity index (χ4n) is 1.14. The number of nitrogens with two attached hydrogens (primary N) is 1. The molecule has 0 unspecified atom stereocenters. The second-order valence-electron chi connectivity index (χ2n) is 2.76. The zero-order valence-corrected chi connectivity index (χ0v) is 8.80. The van der Waals surface area contributed by atoms with Crippen LogP contribution in [0, 0.1) is 0 Å². The molecule has 1 atom stereocenters. The number of para-hydroxylation sites is 1. The van der Waals surface area contributed by atoms with E-state index < -0.39 is 0 Å². The Balaban J connectivity index is 0.00000144. The molecule has 0 amide bonds. The Morgan fingerprint density at radius 2 is 2.00 bits per heavy atom. The van der Waals surface area contributed by atoms with E-state index in [-0.39, 0.29) is 18.4 Å². The largest absolute Gasteiger partial charge is 0.494 e. The normalized spacial score (nSPS) is 11.6. The Bertz CT molecular complexity index is 250. The van der Waals surface area contributed by atoms with Crippen LogP contribution in [0.2, 0.25) is 0 Å². The van der Waals surface area contributed by atoms with Crippen LogP contribution in [0.3, 0.4) is 0 Å². The molecule has 0 heterocycles. The van der Waals surface area contributed by atoms with Gasteiger partial charge in [-0.25, -0.2) is 0 Å². The van der Waals surface area contributed by atoms with Gasteiger partial charge in [-0.3, -0.25) is 0 Å². The summed E-state index contributed by atoms with van der Waals surface area (Å²) >= 11 is 0. The molecular weight excluding hydrogens is 186 g/mol. The van der Waals surface area contributed by atoms with E-state index in [1.807, 2.05) is 38.1 Å². The fourth-order valence-corrected chi connectivity index (χ4v) is 1.14. The molecular formula is C10H16ClNO. The smallest absolute Gasteiger partial charge is 0.124 e. The van der Waals surface area contributed by atoms with E-state index in [1.165, 1.54) is 0 Å². The molecule has 3 heteroatoms. The highest BCUT2D eigenvalue weighted by molar-refractivity contribution is 5.85. The molecule has 2 N–H and O–H groups in total. The van der Waals surface area contributed by atoms with Crippen LogP contribution in [0.1, 0.15) is 25.5 Å². The van der Waals surface area contributed by atoms with Crippen molar-refractivity contribution >= 4 is 12.4 Å². The van der Waals surface area contributed by atoms with Crippen molar-refractivity contribution in [2.24, 2.45) is 5.73 Å². The van der Waals surface area contributed by atoms with E-state index in [1.54, 1.807) is 0 Å². The van der Waals surface area contributed by atoms with Crippen LogP contribution in [0.5, 0.6) is 5.75 Å². The summed E-state index contributed by atoms with van der Waals surface area (Å²) in [6, 6.07) is 7.91. The van der Waals surface area contributed by atoms with Gasteiger partial charge < -0.3 is 10.5 Å². The van der Waals surface area contributed by atoms with E-state index in [2.05, 4.69) is 0 Å². The van der Waals surface area contributed by atoms with Crippen LogP contribution in [0.25, 0.3) is 0 Å². The average molecular weight is 202 g/mol. The number of hydrogen-bond donors (Lipinski definition) is 1. The number of ether oxygens (including phenoxy) is 1. The van der Waals surface area contributed by atoms with E-state index >= 15 is 0 Å². The van der Waals surface area contributed by atoms with Crippen LogP contribution in [0.15, 0.2) is 24.3 Å². The molecule has 13 heavy (non-hydrogen) atoms. The third-order valence-corrected chi connectivity index (χ3v) is 1.71. The topological polar surface area (TPSA) is 35.2 Å². The number of hydrogen-bond acceptors (Lipinski definition) is 2. The van der Waals surface area contributed by atoms with Gasteiger partial charge in [-0.2, -0.15) is 0 Å². The van der Waals surface area contributed by atoms with Crippen molar-refractivity contribution in [1.29, 1.82) is 0 Å². The Hall–Kier alpha value is -0.730. The van der Waals surface area contributed by atoms with Gasteiger partial charge in [0.05, 0.1) is 6.61 Å². The standard InChI is InChI=1S/C10H15NO.ClH/c1-3-12-10-7-5-4-6-9(10)8(2)11;/h4-8H,3,11H2,1-2H3;1H/t8-;/m1./s1. The molecule has 1 aromatic carbocycles. The molecule has 0 spiro atoms. The minimum atomic E-state index is 0. The van der Waals surface area contributed by atoms with E-state index in [4.69, 9.17) is 10.5 Å². The van der Waals surface area contributed by atoms with Crippen LogP contribution < -0.4 is 10.5 Å². The predicted molar refractivity (Wildman–Crippen MR) is 57.5 cm³/mol. The maximum absolute atomic E-state index is 5.76. The minimum Gasteiger partial charge on any atom is -0.494 e. The summed E-state index contributed by atoms with van der Waals surface area (Å²) < 4.78 is 5.42. The molecule has 0 aromatic heterocycles. The Morgan fingerprint density at radius 3 is 2.54 bits per heavy atom. The van der Waals surface area contributed by atoms with Crippen molar-refractivity contribution in [2.45, 2.75) is 19.9 Å². The predicted octanol–water partition coefficient (Wildman–Crippen LogP) is 2.53. The molecule has 0 saturated carbocycles. The van der Waals surface area contributed by atoms with Gasteiger partial charge in [0, 0.05) is 11.6 Å². The molecule has 0 fully saturated rings. The summed E-state index contributed by atoms with van der Waals surface area (Å²) in [5.41, 5.74) is 6.83. The zero-order valence-electron chi connectivity index (χ0n) is 7.99. The van der Waals surface area contributed by atoms with Gasteiger partial charge in [0.1, 0.15) is 5.75 Å². The number of halogens is 1. The average Bonchev–Trinajstić information content (AvgIpc) is 2.05. The lowest BCUT2D eigenvalue weighted by Crippen LogP contribution is -2.07. The maximum atomic E-state index is 5.76. The van der Waals surface area contributed by atoms with Gasteiger partial charge in [-0.15, -0.1) is 12.4 Å². The van der Waals surface area contributed by atoms with Crippen molar-refractivity contribution in [2.75, 3.05) is 6.61 Å². The first-order chi connectivity index (χ1) is 5.75. The van der Waals surface area contributed by atoms with E-state index in [0.29, 0.717) is 6.61 Å². The minimum absolute atomic E-state index is 0. The molecule has 74 valence electrons. The lowest BCUT2D eigenvalue weighted by atomic mass is 10.1. The van der Waals surface area contributed by atoms with Crippen molar-refractivity contribution in [3.63, 3.8) is 0 Å². The molecule has 0 radical (unpaired) electrons. The van der Waals surface area contributed by atoms with Crippen LogP contribution >= 0.6 is 12.4 Å². The van der Waals surface area contributed by atoms with Crippen LogP contribution in [0.4, 0.5) is 0 Å². The highest BCUT2D eigenvalue weighted by atomic mass is 35.5. The molecule has 2 nitrogen and oxygen atoms in total. The van der Waals surface area contributed by atoms with Crippen molar-refractivity contribution in [3.05, 3.63) is 29.8 Å². The first-order valence-corrected chi connectivity index (χ1v) is 4.23. The van der Waals surface area contributed by atoms with Gasteiger partial charge in [-0.05, 0) is 19.9 Å². The summed E-state index contributed by atoms with van der Waals surface area (Å²) in [7, 11) is 0. The van der Waals surface area contributed by atoms with Gasteiger partial charge in [-0.1, -0.05) is 18.2 Å². The molecule has 1 aromatic rings. The maximum Gasteiger partial charge on any atom is 0.124 e. The summed E-state index contributed by atoms with van der Waals surface area (Å²) in [4.78, 5) is 0. The first kappa shape index (κ1) is 12.3. The highest BCUT2D eigenvalue weighted by Gasteiger charge is 2.05. The monoisotopic (exact) mass is 201 g/mol. The van der Waals surface area contributed by atoms with Gasteiger partial charge >= 0.3 is 0 Å². The van der Waals surface area contributed by atoms with Crippen molar-refractivity contribution < 1.29 is 4.74 Å². The van der Waals surface area contributed by atoms with Crippen LogP contribution in [-0.2, 0) is 0 Å². The van der Waals surface area contributed by atoms with Crippen molar-refractivity contribution in [3.8, 4) is 5.75 Å². The first-order valence-electron chi connectivity index (χ1n) is 4.23. The van der Waals surface area contributed by atoms with E-state index in [9.17, 15) is 0 Å². The third kappa shape index (κ3) is 3.25. The fraction of sp³-hybridized carbons (Fsp3) is 0.400. The second kappa shape index (κ2) is 5.84. The lowest BCUT2D eigenvalue weighted by molar-refractivity contribution is 0.335. The molecule has 0 aliphatic rings. The zero-order chi connectivity index (χ0) is 8.97. The van der Waals surface area contributed by atoms with Crippen molar-refractivity contribution in [1.82, 2.24) is 0 Å². The summed E-state index contributed by atoms with van der Waals surface area (Å²) in [5.74, 6) is 0.898. The summed E-state index contributed by atoms with van der Waals surface area (Å²) in [6.07, 6.45) is 0. The second-order valence-corrected chi connectivity index (χ2v) is 2.76. The van der Waals surface area contributed by atoms with Gasteiger partial charge in [0.2, 0.25) is 0 Å². The Morgan fingerprint density at radius 1 is 1.38 bits per heavy atom. The molecule has 0 aliphatic carbocycles. The Labute approximate surface area is 85.5 Å². The summed E-state index contributed by atoms with van der Waals surface area (Å²) in [6.45, 7) is 4.61. The van der Waals surface area contributed by atoms with Gasteiger partial charge in [0.15, 0.2) is 0 Å². The SMILES string of the molecule is CCOc1ccccc1[C@@H](C)N.Cl. The quantitative estimate of drug-likeness (QED) is 0.816. The Kier molecular flexibility index (Phi) is 5.51. The van der Waals surface area contributed by atoms with Crippen LogP contribution in [-0.4, -0.2) is 6.61 Å². The molecule has 0 bridgehead atoms. The molecule has 0 aliphatic heterocycles. The number of benzene rings is 1. The summed E-state index contributed by atoms with van der Waals surface area (Å²) in [5, 5.41) is 0.